The minimum absolute atomic E-state index is 0.0609. The SMILES string of the molecule is COc1cnc(N2C[C@@H](O)C[C@@H](S(=O)(=O)Cc3nnc(-c4ccc(C)o4)n3-c3c(OC)cccc3OC)C2)nc1.COc1cnc(N2C[C@H](O)C[C@H](S(=O)(=O)Cc3nnc(-c4ccc(C)o4)n3-c3c(OC)cccc3OC)C2)nc1. The number of anilines is 2. The Morgan fingerprint density at radius 2 is 0.850 bits per heavy atom. The van der Waals surface area contributed by atoms with Crippen molar-refractivity contribution in [3.8, 4) is 69.0 Å². The second kappa shape index (κ2) is 23.9. The first kappa shape index (κ1) is 56.4. The smallest absolute Gasteiger partial charge is 0.225 e. The maximum absolute atomic E-state index is 13.9. The number of sulfone groups is 2. The number of nitrogens with zero attached hydrogens (tertiary/aromatic N) is 12. The summed E-state index contributed by atoms with van der Waals surface area (Å²) in [4.78, 5) is 20.3. The zero-order valence-electron chi connectivity index (χ0n) is 45.0. The van der Waals surface area contributed by atoms with Crippen LogP contribution in [0.5, 0.6) is 34.5 Å². The standard InChI is InChI=1S/2C26H30N6O7S/c2*1-16-8-9-22(39-16)25-30-29-23(32(25)24-20(37-3)6-5-7-21(24)38-4)15-40(34,35)19-10-17(33)13-31(14-19)26-27-11-18(36-2)12-28-26/h2*5-9,11-12,17,19,33H,10,13-15H2,1-4H3/t2*17-,19+/m10/s1. The van der Waals surface area contributed by atoms with Crippen molar-refractivity contribution in [2.24, 2.45) is 0 Å². The second-order valence-electron chi connectivity index (χ2n) is 18.7. The van der Waals surface area contributed by atoms with Crippen molar-refractivity contribution < 1.29 is 64.3 Å². The number of hydrogen-bond donors (Lipinski definition) is 2. The van der Waals surface area contributed by atoms with Gasteiger partial charge in [-0.25, -0.2) is 36.8 Å². The number of ether oxygens (including phenoxy) is 6. The fraction of sp³-hybridized carbons (Fsp3) is 0.385. The van der Waals surface area contributed by atoms with Gasteiger partial charge in [0.25, 0.3) is 0 Å². The predicted molar refractivity (Wildman–Crippen MR) is 289 cm³/mol. The van der Waals surface area contributed by atoms with Crippen LogP contribution in [0.2, 0.25) is 0 Å². The molecule has 28 heteroatoms. The highest BCUT2D eigenvalue weighted by molar-refractivity contribution is 7.91. The summed E-state index contributed by atoms with van der Waals surface area (Å²) in [6, 6.07) is 17.5. The Hall–Kier alpha value is -8.34. The third-order valence-corrected chi connectivity index (χ3v) is 17.4. The van der Waals surface area contributed by atoms with Crippen molar-refractivity contribution in [2.75, 3.05) is 78.6 Å². The molecule has 2 aliphatic heterocycles. The van der Waals surface area contributed by atoms with Crippen molar-refractivity contribution in [1.29, 1.82) is 0 Å². The van der Waals surface area contributed by atoms with E-state index in [1.165, 1.54) is 67.4 Å². The summed E-state index contributed by atoms with van der Waals surface area (Å²) >= 11 is 0. The molecular weight excluding hydrogens is 1080 g/mol. The fourth-order valence-electron chi connectivity index (χ4n) is 9.48. The van der Waals surface area contributed by atoms with Gasteiger partial charge in [0, 0.05) is 26.2 Å². The molecule has 2 N–H and O–H groups in total. The lowest BCUT2D eigenvalue weighted by Gasteiger charge is -2.35. The van der Waals surface area contributed by atoms with E-state index in [2.05, 4.69) is 40.3 Å². The molecule has 6 aromatic heterocycles. The Labute approximate surface area is 460 Å². The molecule has 0 amide bonds. The zero-order chi connectivity index (χ0) is 56.9. The number of piperidine rings is 2. The van der Waals surface area contributed by atoms with Crippen LogP contribution in [0.3, 0.4) is 0 Å². The molecule has 2 saturated heterocycles. The number of furan rings is 2. The highest BCUT2D eigenvalue weighted by Gasteiger charge is 2.40. The van der Waals surface area contributed by atoms with Gasteiger partial charge in [-0.05, 0) is 75.2 Å². The van der Waals surface area contributed by atoms with Gasteiger partial charge in [0.2, 0.25) is 23.5 Å². The first-order valence-electron chi connectivity index (χ1n) is 24.9. The molecule has 424 valence electrons. The summed E-state index contributed by atoms with van der Waals surface area (Å²) < 4.78 is 103. The van der Waals surface area contributed by atoms with Crippen LogP contribution in [0.25, 0.3) is 34.5 Å². The molecule has 80 heavy (non-hydrogen) atoms. The van der Waals surface area contributed by atoms with Crippen molar-refractivity contribution in [1.82, 2.24) is 49.5 Å². The van der Waals surface area contributed by atoms with Gasteiger partial charge < -0.3 is 57.3 Å². The lowest BCUT2D eigenvalue weighted by Crippen LogP contribution is -2.49. The first-order chi connectivity index (χ1) is 38.5. The van der Waals surface area contributed by atoms with Gasteiger partial charge in [0.05, 0.1) is 90.2 Å². The topological polar surface area (TPSA) is 310 Å². The molecule has 10 rings (SSSR count). The molecule has 2 fully saturated rings. The van der Waals surface area contributed by atoms with Crippen molar-refractivity contribution in [3.05, 3.63) is 109 Å². The van der Waals surface area contributed by atoms with Crippen LogP contribution < -0.4 is 38.2 Å². The number of hydrogen-bond acceptors (Lipinski definition) is 24. The van der Waals surface area contributed by atoms with Crippen LogP contribution >= 0.6 is 0 Å². The monoisotopic (exact) mass is 1140 g/mol. The van der Waals surface area contributed by atoms with Crippen LogP contribution in [0, 0.1) is 13.8 Å². The van der Waals surface area contributed by atoms with E-state index >= 15 is 0 Å². The minimum Gasteiger partial charge on any atom is -0.494 e. The predicted octanol–water partition coefficient (Wildman–Crippen LogP) is 4.41. The maximum atomic E-state index is 13.9. The molecule has 0 spiro atoms. The number of aliphatic hydroxyl groups excluding tert-OH is 2. The van der Waals surface area contributed by atoms with Gasteiger partial charge in [-0.3, -0.25) is 9.13 Å². The Kier molecular flexibility index (Phi) is 16.9. The number of methoxy groups -OCH3 is 6. The van der Waals surface area contributed by atoms with Gasteiger partial charge in [-0.15, -0.1) is 20.4 Å². The summed E-state index contributed by atoms with van der Waals surface area (Å²) in [5, 5.41) is 36.5. The summed E-state index contributed by atoms with van der Waals surface area (Å²) in [5.41, 5.74) is 0.868. The van der Waals surface area contributed by atoms with E-state index in [-0.39, 0.29) is 62.3 Å². The number of aryl methyl sites for hydroxylation is 2. The van der Waals surface area contributed by atoms with Gasteiger partial charge in [0.15, 0.2) is 54.3 Å². The van der Waals surface area contributed by atoms with Crippen LogP contribution in [0.15, 0.2) is 94.3 Å². The van der Waals surface area contributed by atoms with Crippen LogP contribution in [0.4, 0.5) is 11.9 Å². The van der Waals surface area contributed by atoms with E-state index in [0.29, 0.717) is 80.8 Å². The first-order valence-corrected chi connectivity index (χ1v) is 28.4. The van der Waals surface area contributed by atoms with Gasteiger partial charge in [-0.2, -0.15) is 0 Å². The lowest BCUT2D eigenvalue weighted by molar-refractivity contribution is 0.154. The highest BCUT2D eigenvalue weighted by atomic mass is 32.2. The molecule has 26 nitrogen and oxygen atoms in total. The highest BCUT2D eigenvalue weighted by Crippen LogP contribution is 2.40. The Morgan fingerprint density at radius 1 is 0.500 bits per heavy atom. The normalized spacial score (nSPS) is 17.6. The third-order valence-electron chi connectivity index (χ3n) is 13.4. The summed E-state index contributed by atoms with van der Waals surface area (Å²) in [6.07, 6.45) is 4.31. The van der Waals surface area contributed by atoms with E-state index < -0.39 is 53.9 Å². The van der Waals surface area contributed by atoms with Crippen molar-refractivity contribution in [2.45, 2.75) is 60.9 Å². The quantitative estimate of drug-likeness (QED) is 0.120. The van der Waals surface area contributed by atoms with Gasteiger partial charge in [-0.1, -0.05) is 12.1 Å². The number of rotatable bonds is 18. The molecule has 0 saturated carbocycles. The fourth-order valence-corrected chi connectivity index (χ4v) is 12.9. The molecule has 2 aromatic carbocycles. The van der Waals surface area contributed by atoms with E-state index in [4.69, 9.17) is 37.3 Å². The molecule has 8 heterocycles. The Morgan fingerprint density at radius 3 is 1.15 bits per heavy atom. The number of aromatic nitrogens is 10. The van der Waals surface area contributed by atoms with Crippen LogP contribution in [0.1, 0.15) is 36.0 Å². The second-order valence-corrected chi connectivity index (χ2v) is 23.2. The van der Waals surface area contributed by atoms with Crippen molar-refractivity contribution >= 4 is 31.6 Å². The molecule has 0 radical (unpaired) electrons. The van der Waals surface area contributed by atoms with E-state index in [1.54, 1.807) is 93.4 Å². The third kappa shape index (κ3) is 12.0. The number of para-hydroxylation sites is 2. The molecule has 4 atom stereocenters. The van der Waals surface area contributed by atoms with Gasteiger partial charge in [0.1, 0.15) is 57.4 Å². The summed E-state index contributed by atoms with van der Waals surface area (Å²) in [6.45, 7) is 4.20. The number of aliphatic hydroxyl groups is 2. The average Bonchev–Trinajstić information content (AvgIpc) is 4.31. The Bertz CT molecular complexity index is 3360. The maximum Gasteiger partial charge on any atom is 0.225 e. The zero-order valence-corrected chi connectivity index (χ0v) is 46.7. The summed E-state index contributed by atoms with van der Waals surface area (Å²) in [7, 11) is 1.29. The molecular formula is C52H60N12O14S2. The molecule has 0 unspecified atom stereocenters. The van der Waals surface area contributed by atoms with E-state index in [9.17, 15) is 27.0 Å². The van der Waals surface area contributed by atoms with Crippen LogP contribution in [-0.4, -0.2) is 168 Å². The van der Waals surface area contributed by atoms with Crippen LogP contribution in [-0.2, 0) is 31.2 Å². The molecule has 8 aromatic rings. The lowest BCUT2D eigenvalue weighted by atomic mass is 10.1. The largest absolute Gasteiger partial charge is 0.494 e. The minimum atomic E-state index is -3.87. The number of β-amino-alcohol motifs (C(OH)–C–C–N with tert-alkyl or cyclic N) is 2. The average molecular weight is 1140 g/mol. The van der Waals surface area contributed by atoms with E-state index in [1.807, 2.05) is 0 Å². The number of benzene rings is 2. The van der Waals surface area contributed by atoms with E-state index in [0.717, 1.165) is 0 Å². The summed E-state index contributed by atoms with van der Waals surface area (Å²) in [5.74, 6) is 5.31. The van der Waals surface area contributed by atoms with Crippen molar-refractivity contribution in [3.63, 3.8) is 0 Å². The molecule has 0 aliphatic carbocycles. The van der Waals surface area contributed by atoms with Gasteiger partial charge >= 0.3 is 0 Å². The molecule has 2 aliphatic rings. The Balaban J connectivity index is 0.000000194. The molecule has 0 bridgehead atoms.